The molecule has 0 aliphatic carbocycles. The third-order valence-corrected chi connectivity index (χ3v) is 1.94. The molecule has 56 valence electrons. The normalized spacial score (nSPS) is 10.1. The quantitative estimate of drug-likeness (QED) is 0.666. The predicted octanol–water partition coefficient (Wildman–Crippen LogP) is 0.328. The Hall–Kier alpha value is -0.610. The zero-order valence-electron chi connectivity index (χ0n) is 5.59. The zero-order chi connectivity index (χ0) is 7.40. The summed E-state index contributed by atoms with van der Waals surface area (Å²) in [5, 5.41) is 1.85. The number of H-pyrrole nitrogens is 1. The van der Waals surface area contributed by atoms with Crippen molar-refractivity contribution < 1.29 is 0 Å². The van der Waals surface area contributed by atoms with Gasteiger partial charge in [0.25, 0.3) is 0 Å². The summed E-state index contributed by atoms with van der Waals surface area (Å²) in [6.45, 7) is 0.678. The number of nitrogens with two attached hydrogens (primary N) is 1. The average molecular weight is 158 g/mol. The summed E-state index contributed by atoms with van der Waals surface area (Å²) in [6.07, 6.45) is 1.82. The van der Waals surface area contributed by atoms with Crippen LogP contribution in [0.4, 0.5) is 0 Å². The van der Waals surface area contributed by atoms with Crippen molar-refractivity contribution in [3.05, 3.63) is 20.7 Å². The molecule has 0 saturated carbocycles. The molecular weight excluding hydrogens is 148 g/mol. The van der Waals surface area contributed by atoms with Gasteiger partial charge in [-0.3, -0.25) is 4.79 Å². The second kappa shape index (κ2) is 3.53. The Labute approximate surface area is 62.9 Å². The molecule has 10 heavy (non-hydrogen) atoms. The predicted molar refractivity (Wildman–Crippen MR) is 42.3 cm³/mol. The molecule has 1 heterocycles. The van der Waals surface area contributed by atoms with Crippen LogP contribution in [0.25, 0.3) is 0 Å². The minimum absolute atomic E-state index is 0.0204. The molecule has 1 rings (SSSR count). The van der Waals surface area contributed by atoms with Crippen LogP contribution in [0.2, 0.25) is 0 Å². The summed E-state index contributed by atoms with van der Waals surface area (Å²) < 4.78 is 0. The number of hydrogen-bond donors (Lipinski definition) is 2. The summed E-state index contributed by atoms with van der Waals surface area (Å²) in [5.41, 5.74) is 6.29. The van der Waals surface area contributed by atoms with Gasteiger partial charge in [0.1, 0.15) is 0 Å². The molecule has 1 aromatic heterocycles. The van der Waals surface area contributed by atoms with Crippen molar-refractivity contribution in [2.75, 3.05) is 6.54 Å². The van der Waals surface area contributed by atoms with Crippen LogP contribution in [-0.4, -0.2) is 11.5 Å². The van der Waals surface area contributed by atoms with Crippen LogP contribution in [0.5, 0.6) is 0 Å². The van der Waals surface area contributed by atoms with E-state index in [-0.39, 0.29) is 4.87 Å². The van der Waals surface area contributed by atoms with Crippen molar-refractivity contribution in [3.63, 3.8) is 0 Å². The molecule has 0 radical (unpaired) electrons. The lowest BCUT2D eigenvalue weighted by molar-refractivity contribution is 0.814. The number of aromatic amines is 1. The molecule has 0 fully saturated rings. The maximum Gasteiger partial charge on any atom is 0.304 e. The van der Waals surface area contributed by atoms with Gasteiger partial charge in [0.05, 0.1) is 0 Å². The van der Waals surface area contributed by atoms with Crippen LogP contribution < -0.4 is 10.6 Å². The van der Waals surface area contributed by atoms with E-state index >= 15 is 0 Å². The van der Waals surface area contributed by atoms with Gasteiger partial charge < -0.3 is 10.7 Å². The number of aromatic nitrogens is 1. The monoisotopic (exact) mass is 158 g/mol. The molecule has 0 aromatic carbocycles. The fourth-order valence-corrected chi connectivity index (χ4v) is 1.34. The van der Waals surface area contributed by atoms with E-state index in [9.17, 15) is 4.79 Å². The van der Waals surface area contributed by atoms with Crippen LogP contribution in [0.3, 0.4) is 0 Å². The van der Waals surface area contributed by atoms with Gasteiger partial charge in [-0.05, 0) is 19.4 Å². The van der Waals surface area contributed by atoms with E-state index in [1.807, 2.05) is 5.38 Å². The summed E-state index contributed by atoms with van der Waals surface area (Å²) >= 11 is 1.20. The van der Waals surface area contributed by atoms with Gasteiger partial charge in [-0.25, -0.2) is 0 Å². The molecule has 0 bridgehead atoms. The second-order valence-electron chi connectivity index (χ2n) is 2.07. The molecule has 0 aliphatic rings. The molecule has 0 spiro atoms. The van der Waals surface area contributed by atoms with E-state index in [0.717, 1.165) is 18.5 Å². The van der Waals surface area contributed by atoms with Gasteiger partial charge in [-0.2, -0.15) is 0 Å². The highest BCUT2D eigenvalue weighted by molar-refractivity contribution is 7.07. The van der Waals surface area contributed by atoms with Crippen molar-refractivity contribution in [2.24, 2.45) is 5.73 Å². The number of hydrogen-bond acceptors (Lipinski definition) is 3. The highest BCUT2D eigenvalue weighted by Gasteiger charge is 1.93. The Kier molecular flexibility index (Phi) is 2.65. The lowest BCUT2D eigenvalue weighted by Crippen LogP contribution is -2.02. The molecule has 0 saturated heterocycles. The standard InChI is InChI=1S/C6H10N2OS/c7-3-1-2-5-4-10-6(9)8-5/h4H,1-3,7H2,(H,8,9). The Morgan fingerprint density at radius 3 is 3.00 bits per heavy atom. The van der Waals surface area contributed by atoms with E-state index in [1.165, 1.54) is 11.3 Å². The van der Waals surface area contributed by atoms with Crippen molar-refractivity contribution >= 4 is 11.3 Å². The van der Waals surface area contributed by atoms with Gasteiger partial charge in [-0.1, -0.05) is 11.3 Å². The number of aryl methyl sites for hydroxylation is 1. The van der Waals surface area contributed by atoms with Crippen LogP contribution in [0.1, 0.15) is 12.1 Å². The van der Waals surface area contributed by atoms with Crippen LogP contribution in [-0.2, 0) is 6.42 Å². The lowest BCUT2D eigenvalue weighted by atomic mass is 10.3. The smallest absolute Gasteiger partial charge is 0.304 e. The van der Waals surface area contributed by atoms with Crippen molar-refractivity contribution in [1.82, 2.24) is 4.98 Å². The SMILES string of the molecule is NCCCc1csc(=O)[nH]1. The molecule has 0 aliphatic heterocycles. The molecule has 1 aromatic rings. The topological polar surface area (TPSA) is 58.9 Å². The van der Waals surface area contributed by atoms with Crippen molar-refractivity contribution in [1.29, 1.82) is 0 Å². The first-order valence-corrected chi connectivity index (χ1v) is 4.07. The minimum atomic E-state index is 0.0204. The van der Waals surface area contributed by atoms with Crippen LogP contribution in [0, 0.1) is 0 Å². The maximum absolute atomic E-state index is 10.6. The van der Waals surface area contributed by atoms with Gasteiger partial charge in [0.2, 0.25) is 0 Å². The first-order chi connectivity index (χ1) is 4.83. The van der Waals surface area contributed by atoms with E-state index in [0.29, 0.717) is 6.54 Å². The van der Waals surface area contributed by atoms with E-state index < -0.39 is 0 Å². The van der Waals surface area contributed by atoms with E-state index in [1.54, 1.807) is 0 Å². The van der Waals surface area contributed by atoms with Gasteiger partial charge in [0, 0.05) is 11.1 Å². The Morgan fingerprint density at radius 1 is 1.70 bits per heavy atom. The minimum Gasteiger partial charge on any atom is -0.330 e. The fraction of sp³-hybridized carbons (Fsp3) is 0.500. The first kappa shape index (κ1) is 7.50. The molecule has 0 atom stereocenters. The van der Waals surface area contributed by atoms with Gasteiger partial charge >= 0.3 is 4.87 Å². The average Bonchev–Trinajstić information content (AvgIpc) is 2.31. The number of thiazole rings is 1. The Morgan fingerprint density at radius 2 is 2.50 bits per heavy atom. The summed E-state index contributed by atoms with van der Waals surface area (Å²) in [4.78, 5) is 13.3. The Balaban J connectivity index is 2.50. The van der Waals surface area contributed by atoms with Crippen molar-refractivity contribution in [3.8, 4) is 0 Å². The molecule has 0 amide bonds. The molecule has 3 nitrogen and oxygen atoms in total. The van der Waals surface area contributed by atoms with Gasteiger partial charge in [-0.15, -0.1) is 0 Å². The van der Waals surface area contributed by atoms with Gasteiger partial charge in [0.15, 0.2) is 0 Å². The molecular formula is C6H10N2OS. The first-order valence-electron chi connectivity index (χ1n) is 3.19. The summed E-state index contributed by atoms with van der Waals surface area (Å²) in [6, 6.07) is 0. The summed E-state index contributed by atoms with van der Waals surface area (Å²) in [5.74, 6) is 0. The highest BCUT2D eigenvalue weighted by atomic mass is 32.1. The zero-order valence-corrected chi connectivity index (χ0v) is 6.41. The second-order valence-corrected chi connectivity index (χ2v) is 2.91. The lowest BCUT2D eigenvalue weighted by Gasteiger charge is -1.90. The van der Waals surface area contributed by atoms with E-state index in [2.05, 4.69) is 4.98 Å². The Bertz CT molecular complexity index is 240. The van der Waals surface area contributed by atoms with Crippen LogP contribution >= 0.6 is 11.3 Å². The molecule has 0 unspecified atom stereocenters. The van der Waals surface area contributed by atoms with E-state index in [4.69, 9.17) is 5.73 Å². The molecule has 3 N–H and O–H groups in total. The largest absolute Gasteiger partial charge is 0.330 e. The number of rotatable bonds is 3. The third kappa shape index (κ3) is 1.97. The fourth-order valence-electron chi connectivity index (χ4n) is 0.729. The van der Waals surface area contributed by atoms with Crippen LogP contribution in [0.15, 0.2) is 10.2 Å². The third-order valence-electron chi connectivity index (χ3n) is 1.22. The molecule has 4 heteroatoms. The number of nitrogens with one attached hydrogen (secondary N) is 1. The maximum atomic E-state index is 10.6. The summed E-state index contributed by atoms with van der Waals surface area (Å²) in [7, 11) is 0. The van der Waals surface area contributed by atoms with Crippen molar-refractivity contribution in [2.45, 2.75) is 12.8 Å². The highest BCUT2D eigenvalue weighted by Crippen LogP contribution is 1.98.